The van der Waals surface area contributed by atoms with E-state index in [2.05, 4.69) is 48.2 Å². The number of thioether (sulfide) groups is 1. The molecule has 2 aromatic heterocycles. The highest BCUT2D eigenvalue weighted by Crippen LogP contribution is 2.30. The number of nitrogens with one attached hydrogen (secondary N) is 1. The normalized spacial score (nSPS) is 11.5. The first kappa shape index (κ1) is 20.9. The molecule has 2 heterocycles. The molecular formula is C21H25N5O2S. The van der Waals surface area contributed by atoms with Crippen LogP contribution in [0.2, 0.25) is 0 Å². The maximum Gasteiger partial charge on any atom is 0.356 e. The molecule has 0 aliphatic carbocycles. The van der Waals surface area contributed by atoms with Gasteiger partial charge in [-0.15, -0.1) is 0 Å². The fraction of sp³-hybridized carbons (Fsp3) is 0.333. The fourth-order valence-electron chi connectivity index (χ4n) is 2.82. The molecule has 0 aliphatic rings. The van der Waals surface area contributed by atoms with E-state index >= 15 is 0 Å². The van der Waals surface area contributed by atoms with Crippen LogP contribution < -0.4 is 5.32 Å². The number of aromatic carboxylic acids is 1. The molecule has 0 atom stereocenters. The van der Waals surface area contributed by atoms with Crippen molar-refractivity contribution < 1.29 is 9.90 Å². The van der Waals surface area contributed by atoms with Crippen LogP contribution >= 0.6 is 11.8 Å². The average molecular weight is 412 g/mol. The van der Waals surface area contributed by atoms with Crippen LogP contribution in [0, 0.1) is 13.8 Å². The van der Waals surface area contributed by atoms with E-state index in [0.29, 0.717) is 16.7 Å². The number of benzene rings is 1. The Morgan fingerprint density at radius 1 is 1.21 bits per heavy atom. The highest BCUT2D eigenvalue weighted by Gasteiger charge is 2.23. The number of aryl methyl sites for hydroxylation is 2. The maximum atomic E-state index is 11.7. The first-order valence-corrected chi connectivity index (χ1v) is 10.4. The van der Waals surface area contributed by atoms with Crippen LogP contribution in [0.1, 0.15) is 48.1 Å². The molecule has 29 heavy (non-hydrogen) atoms. The Labute approximate surface area is 174 Å². The predicted molar refractivity (Wildman–Crippen MR) is 116 cm³/mol. The van der Waals surface area contributed by atoms with Crippen LogP contribution in [0.25, 0.3) is 5.69 Å². The minimum atomic E-state index is -1.11. The van der Waals surface area contributed by atoms with Gasteiger partial charge in [-0.1, -0.05) is 44.7 Å². The molecule has 8 heteroatoms. The van der Waals surface area contributed by atoms with Gasteiger partial charge in [0.15, 0.2) is 10.9 Å². The summed E-state index contributed by atoms with van der Waals surface area (Å²) in [5, 5.41) is 18.0. The Balaban J connectivity index is 2.16. The molecule has 0 spiro atoms. The van der Waals surface area contributed by atoms with Crippen molar-refractivity contribution in [1.29, 1.82) is 0 Å². The average Bonchev–Trinajstić information content (AvgIpc) is 3.08. The summed E-state index contributed by atoms with van der Waals surface area (Å²) in [5.74, 6) is -0.453. The maximum absolute atomic E-state index is 11.7. The molecule has 1 aromatic carbocycles. The van der Waals surface area contributed by atoms with Gasteiger partial charge in [0, 0.05) is 11.5 Å². The molecule has 0 unspecified atom stereocenters. The van der Waals surface area contributed by atoms with Crippen molar-refractivity contribution in [2.24, 2.45) is 0 Å². The lowest BCUT2D eigenvalue weighted by molar-refractivity contribution is 0.0690. The summed E-state index contributed by atoms with van der Waals surface area (Å²) in [5.41, 5.74) is 4.07. The Bertz CT molecular complexity index is 1070. The van der Waals surface area contributed by atoms with Crippen molar-refractivity contribution in [3.05, 3.63) is 53.0 Å². The largest absolute Gasteiger partial charge is 0.476 e. The van der Waals surface area contributed by atoms with Crippen molar-refractivity contribution >= 4 is 29.2 Å². The van der Waals surface area contributed by atoms with Gasteiger partial charge in [-0.3, -0.25) is 0 Å². The first-order valence-electron chi connectivity index (χ1n) is 9.19. The number of carboxylic acid groups (broad SMARTS) is 1. The number of carboxylic acids is 1. The molecule has 2 N–H and O–H groups in total. The molecule has 0 amide bonds. The summed E-state index contributed by atoms with van der Waals surface area (Å²) in [4.78, 5) is 20.1. The highest BCUT2D eigenvalue weighted by atomic mass is 32.2. The van der Waals surface area contributed by atoms with E-state index in [4.69, 9.17) is 5.10 Å². The zero-order valence-electron chi connectivity index (χ0n) is 17.4. The second kappa shape index (κ2) is 7.87. The van der Waals surface area contributed by atoms with E-state index in [-0.39, 0.29) is 11.1 Å². The van der Waals surface area contributed by atoms with Crippen LogP contribution in [-0.2, 0) is 5.41 Å². The Hall–Kier alpha value is -2.87. The third kappa shape index (κ3) is 4.42. The van der Waals surface area contributed by atoms with Crippen molar-refractivity contribution in [3.63, 3.8) is 0 Å². The number of carbonyl (C=O) groups is 1. The van der Waals surface area contributed by atoms with Gasteiger partial charge in [-0.2, -0.15) is 5.10 Å². The zero-order chi connectivity index (χ0) is 21.3. The van der Waals surface area contributed by atoms with Gasteiger partial charge >= 0.3 is 5.97 Å². The number of anilines is 2. The van der Waals surface area contributed by atoms with Gasteiger partial charge in [-0.25, -0.2) is 19.4 Å². The van der Waals surface area contributed by atoms with E-state index in [1.165, 1.54) is 18.0 Å². The minimum absolute atomic E-state index is 0.0737. The van der Waals surface area contributed by atoms with E-state index in [1.54, 1.807) is 6.26 Å². The number of hydrogen-bond donors (Lipinski definition) is 2. The van der Waals surface area contributed by atoms with Crippen molar-refractivity contribution in [2.45, 2.75) is 45.2 Å². The summed E-state index contributed by atoms with van der Waals surface area (Å²) in [7, 11) is 0. The lowest BCUT2D eigenvalue weighted by Crippen LogP contribution is -2.13. The molecule has 0 aliphatic heterocycles. The Morgan fingerprint density at radius 3 is 2.55 bits per heavy atom. The summed E-state index contributed by atoms with van der Waals surface area (Å²) in [6, 6.07) is 8.10. The van der Waals surface area contributed by atoms with Crippen molar-refractivity contribution in [3.8, 4) is 5.69 Å². The van der Waals surface area contributed by atoms with Gasteiger partial charge in [-0.05, 0) is 37.3 Å². The number of aromatic nitrogens is 4. The zero-order valence-corrected chi connectivity index (χ0v) is 18.3. The standard InChI is InChI=1S/C21H25N5O2S/c1-12-7-8-13(2)15(9-12)26-17(10-16(25-26)21(3,4)5)23-14-11-22-20(29-6)24-18(14)19(27)28/h7-11,23H,1-6H3,(H,27,28). The van der Waals surface area contributed by atoms with Crippen LogP contribution in [-0.4, -0.2) is 37.1 Å². The molecule has 7 nitrogen and oxygen atoms in total. The van der Waals surface area contributed by atoms with E-state index in [1.807, 2.05) is 30.7 Å². The minimum Gasteiger partial charge on any atom is -0.476 e. The van der Waals surface area contributed by atoms with Gasteiger partial charge in [0.05, 0.1) is 23.3 Å². The monoisotopic (exact) mass is 411 g/mol. The van der Waals surface area contributed by atoms with Gasteiger partial charge in [0.1, 0.15) is 5.82 Å². The molecule has 3 rings (SSSR count). The van der Waals surface area contributed by atoms with Crippen LogP contribution in [0.3, 0.4) is 0 Å². The third-order valence-electron chi connectivity index (χ3n) is 4.49. The number of rotatable bonds is 5. The lowest BCUT2D eigenvalue weighted by atomic mass is 9.92. The molecule has 152 valence electrons. The fourth-order valence-corrected chi connectivity index (χ4v) is 3.17. The Kier molecular flexibility index (Phi) is 5.66. The Morgan fingerprint density at radius 2 is 1.93 bits per heavy atom. The first-order chi connectivity index (χ1) is 13.6. The lowest BCUT2D eigenvalue weighted by Gasteiger charge is -2.15. The van der Waals surface area contributed by atoms with Gasteiger partial charge in [0.2, 0.25) is 0 Å². The molecule has 0 saturated heterocycles. The summed E-state index contributed by atoms with van der Waals surface area (Å²) in [6.07, 6.45) is 3.30. The quantitative estimate of drug-likeness (QED) is 0.463. The second-order valence-corrected chi connectivity index (χ2v) is 8.69. The number of nitrogens with zero attached hydrogens (tertiary/aromatic N) is 4. The molecular weight excluding hydrogens is 386 g/mol. The van der Waals surface area contributed by atoms with Crippen LogP contribution in [0.4, 0.5) is 11.5 Å². The summed E-state index contributed by atoms with van der Waals surface area (Å²) >= 11 is 1.30. The molecule has 0 fully saturated rings. The van der Waals surface area contributed by atoms with Gasteiger partial charge in [0.25, 0.3) is 0 Å². The van der Waals surface area contributed by atoms with Gasteiger partial charge < -0.3 is 10.4 Å². The summed E-state index contributed by atoms with van der Waals surface area (Å²) in [6.45, 7) is 10.3. The van der Waals surface area contributed by atoms with E-state index in [9.17, 15) is 9.90 Å². The smallest absolute Gasteiger partial charge is 0.356 e. The number of hydrogen-bond acceptors (Lipinski definition) is 6. The third-order valence-corrected chi connectivity index (χ3v) is 5.05. The molecule has 3 aromatic rings. The SMILES string of the molecule is CSc1ncc(Nc2cc(C(C)(C)C)nn2-c2cc(C)ccc2C)c(C(=O)O)n1. The van der Waals surface area contributed by atoms with Crippen molar-refractivity contribution in [1.82, 2.24) is 19.7 Å². The molecule has 0 saturated carbocycles. The molecule has 0 bridgehead atoms. The van der Waals surface area contributed by atoms with Crippen molar-refractivity contribution in [2.75, 3.05) is 11.6 Å². The van der Waals surface area contributed by atoms with E-state index in [0.717, 1.165) is 22.5 Å². The molecule has 0 radical (unpaired) electrons. The summed E-state index contributed by atoms with van der Waals surface area (Å²) < 4.78 is 1.82. The predicted octanol–water partition coefficient (Wildman–Crippen LogP) is 4.74. The highest BCUT2D eigenvalue weighted by molar-refractivity contribution is 7.98. The van der Waals surface area contributed by atoms with Crippen LogP contribution in [0.5, 0.6) is 0 Å². The van der Waals surface area contributed by atoms with E-state index < -0.39 is 5.97 Å². The second-order valence-electron chi connectivity index (χ2n) is 7.92. The topological polar surface area (TPSA) is 92.9 Å². The van der Waals surface area contributed by atoms with Crippen LogP contribution in [0.15, 0.2) is 35.6 Å².